The molecule has 0 fully saturated rings. The number of likely N-dealkylation sites (N-methyl/N-ethyl adjacent to an activating group) is 1. The van der Waals surface area contributed by atoms with E-state index in [9.17, 15) is 0 Å². The van der Waals surface area contributed by atoms with Gasteiger partial charge in [-0.3, -0.25) is 4.99 Å². The number of nitrogens with one attached hydrogen (secondary N) is 2. The topological polar surface area (TPSA) is 48.9 Å². The van der Waals surface area contributed by atoms with Crippen LogP contribution in [0.5, 0.6) is 5.75 Å². The summed E-state index contributed by atoms with van der Waals surface area (Å²) in [6.07, 6.45) is 3.65. The zero-order valence-electron chi connectivity index (χ0n) is 15.6. The van der Waals surface area contributed by atoms with Crippen LogP contribution in [0.3, 0.4) is 0 Å². The van der Waals surface area contributed by atoms with Gasteiger partial charge in [0, 0.05) is 20.1 Å². The predicted molar refractivity (Wildman–Crippen MR) is 114 cm³/mol. The zero-order valence-corrected chi connectivity index (χ0v) is 18.0. The molecule has 0 spiro atoms. The summed E-state index contributed by atoms with van der Waals surface area (Å²) in [5.74, 6) is 1.74. The van der Waals surface area contributed by atoms with E-state index in [4.69, 9.17) is 4.74 Å². The average molecular weight is 448 g/mol. The molecule has 1 unspecified atom stereocenters. The first-order valence-electron chi connectivity index (χ1n) is 8.37. The number of halogens is 1. The third-order valence-corrected chi connectivity index (χ3v) is 3.88. The van der Waals surface area contributed by atoms with Crippen molar-refractivity contribution in [2.24, 2.45) is 4.99 Å². The number of rotatable bonds is 9. The van der Waals surface area contributed by atoms with Crippen LogP contribution in [0.25, 0.3) is 0 Å². The molecule has 0 heterocycles. The second-order valence-corrected chi connectivity index (χ2v) is 5.84. The second-order valence-electron chi connectivity index (χ2n) is 5.84. The Hall–Kier alpha value is -1.02. The molecule has 138 valence electrons. The maximum Gasteiger partial charge on any atom is 0.191 e. The van der Waals surface area contributed by atoms with Crippen LogP contribution >= 0.6 is 24.0 Å². The Morgan fingerprint density at radius 1 is 1.17 bits per heavy atom. The summed E-state index contributed by atoms with van der Waals surface area (Å²) in [6.45, 7) is 3.97. The first kappa shape index (κ1) is 23.0. The van der Waals surface area contributed by atoms with Crippen LogP contribution in [0, 0.1) is 0 Å². The van der Waals surface area contributed by atoms with Gasteiger partial charge in [0.1, 0.15) is 5.75 Å². The van der Waals surface area contributed by atoms with Crippen molar-refractivity contribution in [2.45, 2.75) is 32.2 Å². The minimum absolute atomic E-state index is 0. The molecule has 2 N–H and O–H groups in total. The van der Waals surface area contributed by atoms with E-state index in [0.29, 0.717) is 0 Å². The number of aliphatic imine (C=N–C) groups is 1. The molecule has 0 saturated carbocycles. The Morgan fingerprint density at radius 3 is 2.33 bits per heavy atom. The minimum Gasteiger partial charge on any atom is -0.497 e. The summed E-state index contributed by atoms with van der Waals surface area (Å²) in [4.78, 5) is 6.50. The highest BCUT2D eigenvalue weighted by molar-refractivity contribution is 14.0. The van der Waals surface area contributed by atoms with Gasteiger partial charge >= 0.3 is 0 Å². The van der Waals surface area contributed by atoms with E-state index in [-0.39, 0.29) is 30.0 Å². The van der Waals surface area contributed by atoms with Crippen molar-refractivity contribution in [1.29, 1.82) is 0 Å². The standard InChI is InChI=1S/C18H32N4O.HI/c1-6-7-8-13-20-18(19-2)21-14-17(22(3)4)15-9-11-16(23-5)12-10-15;/h9-12,17H,6-8,13-14H2,1-5H3,(H2,19,20,21);1H. The van der Waals surface area contributed by atoms with Crippen LogP contribution in [0.4, 0.5) is 0 Å². The van der Waals surface area contributed by atoms with E-state index in [2.05, 4.69) is 53.7 Å². The van der Waals surface area contributed by atoms with Gasteiger partial charge in [-0.05, 0) is 38.2 Å². The lowest BCUT2D eigenvalue weighted by molar-refractivity contribution is 0.298. The number of unbranched alkanes of at least 4 members (excludes halogenated alkanes) is 2. The van der Waals surface area contributed by atoms with E-state index >= 15 is 0 Å². The van der Waals surface area contributed by atoms with Crippen LogP contribution in [0.2, 0.25) is 0 Å². The minimum atomic E-state index is 0. The summed E-state index contributed by atoms with van der Waals surface area (Å²) in [5.41, 5.74) is 1.25. The highest BCUT2D eigenvalue weighted by Crippen LogP contribution is 2.20. The molecular weight excluding hydrogens is 415 g/mol. The molecule has 1 atom stereocenters. The van der Waals surface area contributed by atoms with Crippen molar-refractivity contribution in [2.75, 3.05) is 41.3 Å². The van der Waals surface area contributed by atoms with E-state index in [1.54, 1.807) is 7.11 Å². The maximum absolute atomic E-state index is 5.23. The first-order chi connectivity index (χ1) is 11.1. The molecule has 1 rings (SSSR count). The van der Waals surface area contributed by atoms with E-state index in [1.165, 1.54) is 24.8 Å². The summed E-state index contributed by atoms with van der Waals surface area (Å²) in [5, 5.41) is 6.79. The third kappa shape index (κ3) is 8.19. The number of hydrogen-bond acceptors (Lipinski definition) is 3. The lowest BCUT2D eigenvalue weighted by Gasteiger charge is -2.26. The highest BCUT2D eigenvalue weighted by atomic mass is 127. The van der Waals surface area contributed by atoms with Gasteiger partial charge in [-0.2, -0.15) is 0 Å². The molecule has 0 aliphatic rings. The van der Waals surface area contributed by atoms with Crippen molar-refractivity contribution < 1.29 is 4.74 Å². The van der Waals surface area contributed by atoms with Gasteiger partial charge in [-0.25, -0.2) is 0 Å². The van der Waals surface area contributed by atoms with Crippen molar-refractivity contribution in [3.63, 3.8) is 0 Å². The van der Waals surface area contributed by atoms with Gasteiger partial charge in [0.05, 0.1) is 13.2 Å². The predicted octanol–water partition coefficient (Wildman–Crippen LogP) is 3.27. The van der Waals surface area contributed by atoms with Crippen LogP contribution in [-0.2, 0) is 0 Å². The summed E-state index contributed by atoms with van der Waals surface area (Å²) in [6, 6.07) is 8.51. The number of ether oxygens (including phenoxy) is 1. The van der Waals surface area contributed by atoms with Gasteiger partial charge in [-0.15, -0.1) is 24.0 Å². The molecule has 0 aliphatic carbocycles. The van der Waals surface area contributed by atoms with Crippen molar-refractivity contribution in [1.82, 2.24) is 15.5 Å². The molecule has 0 amide bonds. The second kappa shape index (κ2) is 13.3. The monoisotopic (exact) mass is 448 g/mol. The maximum atomic E-state index is 5.23. The van der Waals surface area contributed by atoms with Crippen LogP contribution in [0.1, 0.15) is 37.8 Å². The lowest BCUT2D eigenvalue weighted by Crippen LogP contribution is -2.42. The number of nitrogens with zero attached hydrogens (tertiary/aromatic N) is 2. The quantitative estimate of drug-likeness (QED) is 0.264. The smallest absolute Gasteiger partial charge is 0.191 e. The SMILES string of the molecule is CCCCCNC(=NC)NCC(c1ccc(OC)cc1)N(C)C.I. The summed E-state index contributed by atoms with van der Waals surface area (Å²) < 4.78 is 5.23. The largest absolute Gasteiger partial charge is 0.497 e. The van der Waals surface area contributed by atoms with Crippen LogP contribution < -0.4 is 15.4 Å². The molecule has 0 bridgehead atoms. The van der Waals surface area contributed by atoms with Crippen molar-refractivity contribution in [3.05, 3.63) is 29.8 Å². The fourth-order valence-corrected chi connectivity index (χ4v) is 2.42. The number of methoxy groups -OCH3 is 1. The number of benzene rings is 1. The zero-order chi connectivity index (χ0) is 17.1. The van der Waals surface area contributed by atoms with E-state index in [1.807, 2.05) is 19.2 Å². The van der Waals surface area contributed by atoms with Crippen molar-refractivity contribution >= 4 is 29.9 Å². The highest BCUT2D eigenvalue weighted by Gasteiger charge is 2.14. The average Bonchev–Trinajstić information content (AvgIpc) is 2.57. The van der Waals surface area contributed by atoms with Crippen molar-refractivity contribution in [3.8, 4) is 5.75 Å². The van der Waals surface area contributed by atoms with Gasteiger partial charge < -0.3 is 20.3 Å². The van der Waals surface area contributed by atoms with Crippen LogP contribution in [-0.4, -0.2) is 52.2 Å². The third-order valence-electron chi connectivity index (χ3n) is 3.88. The molecule has 5 nitrogen and oxygen atoms in total. The Bertz CT molecular complexity index is 463. The molecule has 0 radical (unpaired) electrons. The molecule has 0 aromatic heterocycles. The Balaban J connectivity index is 0.00000529. The van der Waals surface area contributed by atoms with Gasteiger partial charge in [-0.1, -0.05) is 31.9 Å². The summed E-state index contributed by atoms with van der Waals surface area (Å²) >= 11 is 0. The van der Waals surface area contributed by atoms with Crippen LogP contribution in [0.15, 0.2) is 29.3 Å². The molecule has 1 aromatic carbocycles. The fraction of sp³-hybridized carbons (Fsp3) is 0.611. The Labute approximate surface area is 164 Å². The molecule has 0 aliphatic heterocycles. The first-order valence-corrected chi connectivity index (χ1v) is 8.37. The van der Waals surface area contributed by atoms with Gasteiger partial charge in [0.25, 0.3) is 0 Å². The summed E-state index contributed by atoms with van der Waals surface area (Å²) in [7, 11) is 7.68. The molecule has 24 heavy (non-hydrogen) atoms. The number of hydrogen-bond donors (Lipinski definition) is 2. The fourth-order valence-electron chi connectivity index (χ4n) is 2.42. The Kier molecular flexibility index (Phi) is 12.7. The van der Waals surface area contributed by atoms with Gasteiger partial charge in [0.2, 0.25) is 0 Å². The molecule has 1 aromatic rings. The Morgan fingerprint density at radius 2 is 1.83 bits per heavy atom. The number of guanidine groups is 1. The normalized spacial score (nSPS) is 12.5. The molecule has 0 saturated heterocycles. The molecule has 6 heteroatoms. The lowest BCUT2D eigenvalue weighted by atomic mass is 10.1. The molecular formula is C18H33IN4O. The van der Waals surface area contributed by atoms with E-state index in [0.717, 1.165) is 24.8 Å². The van der Waals surface area contributed by atoms with Gasteiger partial charge in [0.15, 0.2) is 5.96 Å². The van der Waals surface area contributed by atoms with E-state index < -0.39 is 0 Å².